The molecule has 0 unspecified atom stereocenters. The maximum absolute atomic E-state index is 11.8. The van der Waals surface area contributed by atoms with Crippen LogP contribution in [0, 0.1) is 10.5 Å². The first-order valence-electron chi connectivity index (χ1n) is 5.73. The number of halogens is 1. The second-order valence-corrected chi connectivity index (χ2v) is 6.29. The van der Waals surface area contributed by atoms with Crippen LogP contribution < -0.4 is 5.32 Å². The number of carbonyl (C=O) groups is 1. The maximum atomic E-state index is 11.8. The maximum Gasteiger partial charge on any atom is 0.224 e. The molecule has 1 heterocycles. The van der Waals surface area contributed by atoms with Crippen LogP contribution in [-0.4, -0.2) is 5.91 Å². The number of thiophene rings is 1. The molecule has 0 atom stereocenters. The molecule has 0 spiro atoms. The van der Waals surface area contributed by atoms with Crippen LogP contribution in [0.5, 0.6) is 0 Å². The third-order valence-electron chi connectivity index (χ3n) is 2.63. The lowest BCUT2D eigenvalue weighted by Gasteiger charge is -2.06. The minimum absolute atomic E-state index is 0.0723. The number of amides is 1. The van der Waals surface area contributed by atoms with Gasteiger partial charge in [0.15, 0.2) is 0 Å². The molecule has 0 fully saturated rings. The van der Waals surface area contributed by atoms with Crippen LogP contribution in [0.1, 0.15) is 16.9 Å². The Morgan fingerprint density at radius 3 is 2.89 bits per heavy atom. The minimum Gasteiger partial charge on any atom is -0.326 e. The SMILES string of the molecule is Cc1ccc(NC(=O)CCc2cccs2)cc1I. The lowest BCUT2D eigenvalue weighted by atomic mass is 10.2. The van der Waals surface area contributed by atoms with Gasteiger partial charge in [-0.15, -0.1) is 11.3 Å². The fraction of sp³-hybridized carbons (Fsp3) is 0.214. The van der Waals surface area contributed by atoms with Crippen LogP contribution >= 0.6 is 33.9 Å². The quantitative estimate of drug-likeness (QED) is 0.801. The molecular weight excluding hydrogens is 357 g/mol. The molecule has 1 N–H and O–H groups in total. The van der Waals surface area contributed by atoms with Crippen molar-refractivity contribution < 1.29 is 4.79 Å². The summed E-state index contributed by atoms with van der Waals surface area (Å²) in [5.41, 5.74) is 2.10. The molecule has 0 saturated heterocycles. The Kier molecular flexibility index (Phi) is 4.77. The molecule has 0 aliphatic rings. The number of hydrogen-bond donors (Lipinski definition) is 1. The van der Waals surface area contributed by atoms with Crippen molar-refractivity contribution >= 4 is 45.5 Å². The zero-order valence-corrected chi connectivity index (χ0v) is 13.0. The van der Waals surface area contributed by atoms with Gasteiger partial charge in [-0.2, -0.15) is 0 Å². The van der Waals surface area contributed by atoms with E-state index in [1.807, 2.05) is 29.6 Å². The van der Waals surface area contributed by atoms with E-state index >= 15 is 0 Å². The van der Waals surface area contributed by atoms with Crippen LogP contribution in [0.4, 0.5) is 5.69 Å². The van der Waals surface area contributed by atoms with Gasteiger partial charge < -0.3 is 5.32 Å². The number of nitrogens with one attached hydrogen (secondary N) is 1. The summed E-state index contributed by atoms with van der Waals surface area (Å²) < 4.78 is 1.17. The van der Waals surface area contributed by atoms with Gasteiger partial charge >= 0.3 is 0 Å². The first kappa shape index (κ1) is 13.5. The van der Waals surface area contributed by atoms with Crippen LogP contribution in [0.3, 0.4) is 0 Å². The fourth-order valence-corrected chi connectivity index (χ4v) is 2.81. The number of anilines is 1. The summed E-state index contributed by atoms with van der Waals surface area (Å²) in [5.74, 6) is 0.0723. The highest BCUT2D eigenvalue weighted by atomic mass is 127. The van der Waals surface area contributed by atoms with Gasteiger partial charge in [-0.3, -0.25) is 4.79 Å². The molecule has 1 aromatic carbocycles. The monoisotopic (exact) mass is 371 g/mol. The third kappa shape index (κ3) is 3.81. The van der Waals surface area contributed by atoms with E-state index in [4.69, 9.17) is 0 Å². The van der Waals surface area contributed by atoms with Gasteiger partial charge in [0, 0.05) is 20.6 Å². The van der Waals surface area contributed by atoms with Crippen LogP contribution in [0.2, 0.25) is 0 Å². The van der Waals surface area contributed by atoms with E-state index < -0.39 is 0 Å². The predicted octanol–water partition coefficient (Wildman–Crippen LogP) is 4.23. The highest BCUT2D eigenvalue weighted by Gasteiger charge is 2.04. The van der Waals surface area contributed by atoms with Crippen molar-refractivity contribution in [1.82, 2.24) is 0 Å². The summed E-state index contributed by atoms with van der Waals surface area (Å²) in [5, 5.41) is 4.97. The van der Waals surface area contributed by atoms with Crippen molar-refractivity contribution in [3.63, 3.8) is 0 Å². The lowest BCUT2D eigenvalue weighted by molar-refractivity contribution is -0.116. The Labute approximate surface area is 125 Å². The van der Waals surface area contributed by atoms with Gasteiger partial charge in [-0.05, 0) is 65.1 Å². The van der Waals surface area contributed by atoms with Crippen LogP contribution in [0.25, 0.3) is 0 Å². The van der Waals surface area contributed by atoms with E-state index in [-0.39, 0.29) is 5.91 Å². The van der Waals surface area contributed by atoms with E-state index in [2.05, 4.69) is 40.9 Å². The van der Waals surface area contributed by atoms with Crippen molar-refractivity contribution in [3.8, 4) is 0 Å². The van der Waals surface area contributed by atoms with Gasteiger partial charge in [0.1, 0.15) is 0 Å². The summed E-state index contributed by atoms with van der Waals surface area (Å²) in [4.78, 5) is 13.0. The molecule has 18 heavy (non-hydrogen) atoms. The highest BCUT2D eigenvalue weighted by molar-refractivity contribution is 14.1. The first-order chi connectivity index (χ1) is 8.65. The van der Waals surface area contributed by atoms with Crippen molar-refractivity contribution in [1.29, 1.82) is 0 Å². The zero-order chi connectivity index (χ0) is 13.0. The van der Waals surface area contributed by atoms with Crippen molar-refractivity contribution in [2.75, 3.05) is 5.32 Å². The van der Waals surface area contributed by atoms with Crippen LogP contribution in [-0.2, 0) is 11.2 Å². The smallest absolute Gasteiger partial charge is 0.224 e. The normalized spacial score (nSPS) is 10.3. The molecule has 1 amide bonds. The van der Waals surface area contributed by atoms with E-state index in [1.54, 1.807) is 11.3 Å². The Balaban J connectivity index is 1.88. The predicted molar refractivity (Wildman–Crippen MR) is 85.2 cm³/mol. The molecule has 2 rings (SSSR count). The Morgan fingerprint density at radius 2 is 2.22 bits per heavy atom. The summed E-state index contributed by atoms with van der Waals surface area (Å²) in [6.07, 6.45) is 1.34. The summed E-state index contributed by atoms with van der Waals surface area (Å²) in [7, 11) is 0. The first-order valence-corrected chi connectivity index (χ1v) is 7.69. The van der Waals surface area contributed by atoms with Gasteiger partial charge in [-0.1, -0.05) is 12.1 Å². The largest absolute Gasteiger partial charge is 0.326 e. The standard InChI is InChI=1S/C14H14INOS/c1-10-4-5-11(9-13(10)15)16-14(17)7-6-12-3-2-8-18-12/h2-5,8-9H,6-7H2,1H3,(H,16,17). The molecule has 1 aromatic heterocycles. The zero-order valence-electron chi connectivity index (χ0n) is 10.1. The molecule has 0 bridgehead atoms. The Bertz CT molecular complexity index is 537. The van der Waals surface area contributed by atoms with Crippen molar-refractivity contribution in [2.45, 2.75) is 19.8 Å². The summed E-state index contributed by atoms with van der Waals surface area (Å²) >= 11 is 3.97. The molecule has 94 valence electrons. The van der Waals surface area contributed by atoms with Gasteiger partial charge in [-0.25, -0.2) is 0 Å². The average Bonchev–Trinajstić information content (AvgIpc) is 2.84. The topological polar surface area (TPSA) is 29.1 Å². The van der Waals surface area contributed by atoms with E-state index in [1.165, 1.54) is 14.0 Å². The van der Waals surface area contributed by atoms with Gasteiger partial charge in [0.05, 0.1) is 0 Å². The molecule has 0 aliphatic heterocycles. The van der Waals surface area contributed by atoms with Gasteiger partial charge in [0.25, 0.3) is 0 Å². The third-order valence-corrected chi connectivity index (χ3v) is 4.73. The van der Waals surface area contributed by atoms with Crippen molar-refractivity contribution in [3.05, 3.63) is 49.7 Å². The second-order valence-electron chi connectivity index (χ2n) is 4.09. The molecule has 4 heteroatoms. The second kappa shape index (κ2) is 6.33. The number of hydrogen-bond acceptors (Lipinski definition) is 2. The van der Waals surface area contributed by atoms with E-state index in [9.17, 15) is 4.79 Å². The van der Waals surface area contributed by atoms with E-state index in [0.29, 0.717) is 6.42 Å². The molecule has 0 radical (unpaired) electrons. The Hall–Kier alpha value is -0.880. The Morgan fingerprint density at radius 1 is 1.39 bits per heavy atom. The number of aryl methyl sites for hydroxylation is 2. The van der Waals surface area contributed by atoms with Crippen molar-refractivity contribution in [2.24, 2.45) is 0 Å². The molecule has 2 nitrogen and oxygen atoms in total. The fourth-order valence-electron chi connectivity index (χ4n) is 1.59. The highest BCUT2D eigenvalue weighted by Crippen LogP contribution is 2.17. The van der Waals surface area contributed by atoms with Gasteiger partial charge in [0.2, 0.25) is 5.91 Å². The number of benzene rings is 1. The van der Waals surface area contributed by atoms with Crippen LogP contribution in [0.15, 0.2) is 35.7 Å². The molecule has 0 aliphatic carbocycles. The minimum atomic E-state index is 0.0723. The molecule has 0 saturated carbocycles. The summed E-state index contributed by atoms with van der Waals surface area (Å²) in [6, 6.07) is 10.0. The number of rotatable bonds is 4. The molecular formula is C14H14INOS. The van der Waals surface area contributed by atoms with E-state index in [0.717, 1.165) is 12.1 Å². The average molecular weight is 371 g/mol. The summed E-state index contributed by atoms with van der Waals surface area (Å²) in [6.45, 7) is 2.06. The lowest BCUT2D eigenvalue weighted by Crippen LogP contribution is -2.12. The molecule has 2 aromatic rings. The number of carbonyl (C=O) groups excluding carboxylic acids is 1.